The predicted molar refractivity (Wildman–Crippen MR) is 60.7 cm³/mol. The highest BCUT2D eigenvalue weighted by molar-refractivity contribution is 6.60. The number of rotatable bonds is 4. The molecule has 0 bridgehead atoms. The summed E-state index contributed by atoms with van der Waals surface area (Å²) in [5.74, 6) is 0. The van der Waals surface area contributed by atoms with Gasteiger partial charge in [0.25, 0.3) is 0 Å². The summed E-state index contributed by atoms with van der Waals surface area (Å²) < 4.78 is 0. The van der Waals surface area contributed by atoms with Crippen LogP contribution in [0.4, 0.5) is 5.69 Å². The zero-order valence-electron chi connectivity index (χ0n) is 9.20. The SMILES string of the molecule is C=C(C)CNc1ccccc1B(O)O.[H+]. The van der Waals surface area contributed by atoms with E-state index < -0.39 is 7.12 Å². The lowest BCUT2D eigenvalue weighted by Crippen LogP contribution is -2.32. The zero-order chi connectivity index (χ0) is 10.6. The van der Waals surface area contributed by atoms with Crippen molar-refractivity contribution in [1.29, 1.82) is 0 Å². The van der Waals surface area contributed by atoms with Crippen molar-refractivity contribution >= 4 is 18.3 Å². The molecule has 0 aromatic heterocycles. The maximum Gasteiger partial charge on any atom is 1.00 e. The third kappa shape index (κ3) is 2.90. The van der Waals surface area contributed by atoms with Gasteiger partial charge >= 0.3 is 8.55 Å². The molecule has 0 heterocycles. The standard InChI is InChI=1S/C10H14BNO2/c1-8(2)7-12-10-6-4-3-5-9(10)11(13)14/h3-6,12-14H,1,7H2,2H3/p+1. The van der Waals surface area contributed by atoms with Gasteiger partial charge in [0.05, 0.1) is 0 Å². The Balaban J connectivity index is 0.00000196. The van der Waals surface area contributed by atoms with E-state index in [1.165, 1.54) is 0 Å². The minimum absolute atomic E-state index is 0. The Hall–Kier alpha value is -1.26. The molecule has 14 heavy (non-hydrogen) atoms. The second-order valence-electron chi connectivity index (χ2n) is 3.27. The van der Waals surface area contributed by atoms with E-state index in [1.54, 1.807) is 18.2 Å². The smallest absolute Gasteiger partial charge is 0.423 e. The maximum absolute atomic E-state index is 9.06. The van der Waals surface area contributed by atoms with E-state index in [9.17, 15) is 0 Å². The van der Waals surface area contributed by atoms with Crippen LogP contribution in [-0.2, 0) is 0 Å². The summed E-state index contributed by atoms with van der Waals surface area (Å²) in [4.78, 5) is 0. The van der Waals surface area contributed by atoms with Crippen molar-refractivity contribution in [3.05, 3.63) is 36.4 Å². The highest BCUT2D eigenvalue weighted by atomic mass is 16.4. The molecular formula is C10H15BNO2+. The molecule has 74 valence electrons. The Morgan fingerprint density at radius 1 is 1.50 bits per heavy atom. The van der Waals surface area contributed by atoms with Gasteiger partial charge in [0.1, 0.15) is 0 Å². The van der Waals surface area contributed by atoms with E-state index in [-0.39, 0.29) is 1.43 Å². The second kappa shape index (κ2) is 4.84. The molecule has 0 radical (unpaired) electrons. The fourth-order valence-corrected chi connectivity index (χ4v) is 1.13. The van der Waals surface area contributed by atoms with Crippen LogP contribution in [0.3, 0.4) is 0 Å². The quantitative estimate of drug-likeness (QED) is 0.480. The van der Waals surface area contributed by atoms with Gasteiger partial charge in [-0.1, -0.05) is 30.4 Å². The van der Waals surface area contributed by atoms with Gasteiger partial charge in [0.15, 0.2) is 0 Å². The Labute approximate surface area is 85.7 Å². The number of hydrogen-bond acceptors (Lipinski definition) is 3. The highest BCUT2D eigenvalue weighted by Crippen LogP contribution is 2.04. The van der Waals surface area contributed by atoms with Crippen LogP contribution in [0.2, 0.25) is 0 Å². The lowest BCUT2D eigenvalue weighted by Gasteiger charge is -2.10. The first-order valence-electron chi connectivity index (χ1n) is 4.44. The molecule has 1 aromatic rings. The molecule has 0 saturated heterocycles. The van der Waals surface area contributed by atoms with E-state index in [0.29, 0.717) is 12.0 Å². The lowest BCUT2D eigenvalue weighted by molar-refractivity contribution is 0.426. The van der Waals surface area contributed by atoms with Crippen molar-refractivity contribution in [3.63, 3.8) is 0 Å². The van der Waals surface area contributed by atoms with Gasteiger partial charge in [-0.25, -0.2) is 0 Å². The number of para-hydroxylation sites is 1. The van der Waals surface area contributed by atoms with E-state index in [2.05, 4.69) is 11.9 Å². The summed E-state index contributed by atoms with van der Waals surface area (Å²) in [5.41, 5.74) is 2.20. The average molecular weight is 192 g/mol. The molecule has 0 atom stereocenters. The Bertz CT molecular complexity index is 331. The van der Waals surface area contributed by atoms with Gasteiger partial charge < -0.3 is 15.4 Å². The molecule has 0 spiro atoms. The molecule has 1 aromatic carbocycles. The molecule has 0 unspecified atom stereocenters. The third-order valence-electron chi connectivity index (χ3n) is 1.82. The molecular weight excluding hydrogens is 177 g/mol. The van der Waals surface area contributed by atoms with Crippen molar-refractivity contribution in [3.8, 4) is 0 Å². The van der Waals surface area contributed by atoms with Crippen molar-refractivity contribution in [2.75, 3.05) is 11.9 Å². The first-order chi connectivity index (χ1) is 6.61. The summed E-state index contributed by atoms with van der Waals surface area (Å²) in [6.45, 7) is 6.29. The van der Waals surface area contributed by atoms with Gasteiger partial charge in [0.2, 0.25) is 0 Å². The van der Waals surface area contributed by atoms with Gasteiger partial charge in [-0.05, 0) is 13.0 Å². The highest BCUT2D eigenvalue weighted by Gasteiger charge is 2.14. The minimum atomic E-state index is -1.44. The summed E-state index contributed by atoms with van der Waals surface area (Å²) in [7, 11) is -1.44. The van der Waals surface area contributed by atoms with Crippen LogP contribution in [-0.4, -0.2) is 23.7 Å². The average Bonchev–Trinajstić information content (AvgIpc) is 2.15. The van der Waals surface area contributed by atoms with E-state index in [4.69, 9.17) is 10.0 Å². The van der Waals surface area contributed by atoms with E-state index in [0.717, 1.165) is 11.3 Å². The molecule has 3 nitrogen and oxygen atoms in total. The van der Waals surface area contributed by atoms with Crippen molar-refractivity contribution < 1.29 is 11.5 Å². The molecule has 0 aliphatic rings. The van der Waals surface area contributed by atoms with Crippen LogP contribution in [0.5, 0.6) is 0 Å². The molecule has 1 rings (SSSR count). The maximum atomic E-state index is 9.06. The van der Waals surface area contributed by atoms with Gasteiger partial charge in [-0.15, -0.1) is 0 Å². The normalized spacial score (nSPS) is 9.64. The molecule has 3 N–H and O–H groups in total. The summed E-state index contributed by atoms with van der Waals surface area (Å²) in [6, 6.07) is 7.08. The van der Waals surface area contributed by atoms with Crippen molar-refractivity contribution in [2.24, 2.45) is 0 Å². The Morgan fingerprint density at radius 2 is 2.14 bits per heavy atom. The van der Waals surface area contributed by atoms with Crippen molar-refractivity contribution in [2.45, 2.75) is 6.92 Å². The van der Waals surface area contributed by atoms with E-state index in [1.807, 2.05) is 13.0 Å². The van der Waals surface area contributed by atoms with Crippen LogP contribution in [0.1, 0.15) is 8.35 Å². The number of nitrogens with one attached hydrogen (secondary N) is 1. The molecule has 0 saturated carbocycles. The van der Waals surface area contributed by atoms with Gasteiger partial charge in [-0.2, -0.15) is 0 Å². The topological polar surface area (TPSA) is 52.5 Å². The minimum Gasteiger partial charge on any atom is -0.423 e. The molecule has 0 amide bonds. The van der Waals surface area contributed by atoms with Crippen LogP contribution < -0.4 is 10.8 Å². The van der Waals surface area contributed by atoms with Crippen LogP contribution in [0, 0.1) is 0 Å². The number of hydrogen-bond donors (Lipinski definition) is 3. The zero-order valence-corrected chi connectivity index (χ0v) is 8.20. The van der Waals surface area contributed by atoms with E-state index >= 15 is 0 Å². The summed E-state index contributed by atoms with van der Waals surface area (Å²) in [5, 5.41) is 21.2. The number of anilines is 1. The first-order valence-corrected chi connectivity index (χ1v) is 4.44. The largest absolute Gasteiger partial charge is 1.00 e. The monoisotopic (exact) mass is 192 g/mol. The van der Waals surface area contributed by atoms with Crippen LogP contribution >= 0.6 is 0 Å². The molecule has 0 fully saturated rings. The summed E-state index contributed by atoms with van der Waals surface area (Å²) in [6.07, 6.45) is 0. The van der Waals surface area contributed by atoms with Crippen LogP contribution in [0.15, 0.2) is 36.4 Å². The molecule has 0 aliphatic carbocycles. The van der Waals surface area contributed by atoms with Gasteiger partial charge in [0, 0.05) is 17.7 Å². The molecule has 0 aliphatic heterocycles. The fraction of sp³-hybridized carbons (Fsp3) is 0.200. The van der Waals surface area contributed by atoms with Crippen LogP contribution in [0.25, 0.3) is 0 Å². The molecule has 4 heteroatoms. The lowest BCUT2D eigenvalue weighted by atomic mass is 9.79. The van der Waals surface area contributed by atoms with Gasteiger partial charge in [-0.3, -0.25) is 0 Å². The Morgan fingerprint density at radius 3 is 2.71 bits per heavy atom. The Kier molecular flexibility index (Phi) is 3.74. The first kappa shape index (κ1) is 10.8. The summed E-state index contributed by atoms with van der Waals surface area (Å²) >= 11 is 0. The third-order valence-corrected chi connectivity index (χ3v) is 1.82. The fourth-order valence-electron chi connectivity index (χ4n) is 1.13. The predicted octanol–water partition coefficient (Wildman–Crippen LogP) is 0.467. The second-order valence-corrected chi connectivity index (χ2v) is 3.27. The number of benzene rings is 1. The van der Waals surface area contributed by atoms with Crippen molar-refractivity contribution in [1.82, 2.24) is 0 Å².